The molecule has 0 radical (unpaired) electrons. The molecule has 5 heteroatoms. The van der Waals surface area contributed by atoms with Crippen molar-refractivity contribution in [1.82, 2.24) is 4.98 Å². The van der Waals surface area contributed by atoms with E-state index in [1.54, 1.807) is 0 Å². The topological polar surface area (TPSA) is 38.9 Å². The van der Waals surface area contributed by atoms with Crippen molar-refractivity contribution in [1.29, 1.82) is 0 Å². The van der Waals surface area contributed by atoms with Crippen LogP contribution in [0.3, 0.4) is 0 Å². The lowest BCUT2D eigenvalue weighted by molar-refractivity contribution is 0.509. The smallest absolute Gasteiger partial charge is 0.159 e. The Morgan fingerprint density at radius 1 is 1.00 bits per heavy atom. The zero-order valence-electron chi connectivity index (χ0n) is 11.0. The van der Waals surface area contributed by atoms with Crippen LogP contribution in [0.4, 0.5) is 8.78 Å². The molecule has 0 fully saturated rings. The van der Waals surface area contributed by atoms with Crippen molar-refractivity contribution in [2.75, 3.05) is 0 Å². The van der Waals surface area contributed by atoms with Crippen molar-refractivity contribution in [3.8, 4) is 21.8 Å². The molecule has 0 aliphatic rings. The maximum Gasteiger partial charge on any atom is 0.159 e. The van der Waals surface area contributed by atoms with Gasteiger partial charge in [0.05, 0.1) is 5.69 Å². The average molecular weight is 302 g/mol. The van der Waals surface area contributed by atoms with Gasteiger partial charge in [-0.3, -0.25) is 0 Å². The maximum absolute atomic E-state index is 13.3. The molecule has 1 aromatic heterocycles. The fourth-order valence-corrected chi connectivity index (χ4v) is 2.85. The van der Waals surface area contributed by atoms with Gasteiger partial charge < -0.3 is 5.73 Å². The van der Waals surface area contributed by atoms with Crippen LogP contribution in [0, 0.1) is 11.6 Å². The Hall–Kier alpha value is -2.11. The molecule has 2 aromatic carbocycles. The Morgan fingerprint density at radius 3 is 2.62 bits per heavy atom. The fraction of sp³-hybridized carbons (Fsp3) is 0.0625. The van der Waals surface area contributed by atoms with E-state index in [4.69, 9.17) is 5.73 Å². The molecule has 3 rings (SSSR count). The maximum atomic E-state index is 13.3. The van der Waals surface area contributed by atoms with E-state index >= 15 is 0 Å². The second-order valence-electron chi connectivity index (χ2n) is 4.57. The Kier molecular flexibility index (Phi) is 3.77. The summed E-state index contributed by atoms with van der Waals surface area (Å²) in [6.07, 6.45) is 0. The van der Waals surface area contributed by atoms with Gasteiger partial charge in [0.2, 0.25) is 0 Å². The second-order valence-corrected chi connectivity index (χ2v) is 5.43. The average Bonchev–Trinajstić information content (AvgIpc) is 3.00. The molecule has 2 N–H and O–H groups in total. The fourth-order valence-electron chi connectivity index (χ4n) is 2.03. The van der Waals surface area contributed by atoms with Gasteiger partial charge in [0.25, 0.3) is 0 Å². The molecule has 0 saturated carbocycles. The Labute approximate surface area is 124 Å². The lowest BCUT2D eigenvalue weighted by Gasteiger charge is -2.00. The summed E-state index contributed by atoms with van der Waals surface area (Å²) in [5.41, 5.74) is 8.82. The molecular weight excluding hydrogens is 290 g/mol. The van der Waals surface area contributed by atoms with Gasteiger partial charge in [0.1, 0.15) is 5.01 Å². The first-order valence-corrected chi connectivity index (χ1v) is 7.25. The number of nitrogens with zero attached hydrogens (tertiary/aromatic N) is 1. The third-order valence-corrected chi connectivity index (χ3v) is 4.02. The summed E-state index contributed by atoms with van der Waals surface area (Å²) in [4.78, 5) is 4.49. The first kappa shape index (κ1) is 13.9. The molecule has 21 heavy (non-hydrogen) atoms. The zero-order chi connectivity index (χ0) is 14.8. The number of halogens is 2. The molecule has 3 aromatic rings. The monoisotopic (exact) mass is 302 g/mol. The highest BCUT2D eigenvalue weighted by Crippen LogP contribution is 2.29. The quantitative estimate of drug-likeness (QED) is 0.787. The number of rotatable bonds is 3. The first-order chi connectivity index (χ1) is 10.2. The highest BCUT2D eigenvalue weighted by molar-refractivity contribution is 7.13. The largest absolute Gasteiger partial charge is 0.326 e. The minimum Gasteiger partial charge on any atom is -0.326 e. The van der Waals surface area contributed by atoms with Crippen molar-refractivity contribution in [3.63, 3.8) is 0 Å². The molecule has 106 valence electrons. The highest BCUT2D eigenvalue weighted by atomic mass is 32.1. The molecule has 0 unspecified atom stereocenters. The molecule has 1 heterocycles. The van der Waals surface area contributed by atoms with Gasteiger partial charge in [0.15, 0.2) is 11.6 Å². The molecular formula is C16H12F2N2S. The van der Waals surface area contributed by atoms with Crippen molar-refractivity contribution in [2.45, 2.75) is 6.54 Å². The van der Waals surface area contributed by atoms with Crippen molar-refractivity contribution < 1.29 is 8.78 Å². The van der Waals surface area contributed by atoms with E-state index in [1.807, 2.05) is 29.6 Å². The van der Waals surface area contributed by atoms with Gasteiger partial charge in [-0.15, -0.1) is 11.3 Å². The SMILES string of the molecule is NCc1cccc(-c2nc(-c3ccc(F)c(F)c3)cs2)c1. The number of hydrogen-bond acceptors (Lipinski definition) is 3. The van der Waals surface area contributed by atoms with Gasteiger partial charge in [-0.25, -0.2) is 13.8 Å². The first-order valence-electron chi connectivity index (χ1n) is 6.37. The third-order valence-electron chi connectivity index (χ3n) is 3.13. The van der Waals surface area contributed by atoms with E-state index in [0.29, 0.717) is 17.8 Å². The number of aromatic nitrogens is 1. The molecule has 0 spiro atoms. The van der Waals surface area contributed by atoms with Crippen molar-refractivity contribution in [2.24, 2.45) is 5.73 Å². The summed E-state index contributed by atoms with van der Waals surface area (Å²) in [7, 11) is 0. The summed E-state index contributed by atoms with van der Waals surface area (Å²) in [5, 5.41) is 2.65. The molecule has 0 amide bonds. The summed E-state index contributed by atoms with van der Waals surface area (Å²) in [6, 6.07) is 11.6. The summed E-state index contributed by atoms with van der Waals surface area (Å²) in [5.74, 6) is -1.72. The van der Waals surface area contributed by atoms with E-state index in [1.165, 1.54) is 17.4 Å². The van der Waals surface area contributed by atoms with Crippen LogP contribution in [0.25, 0.3) is 21.8 Å². The number of benzene rings is 2. The molecule has 0 saturated heterocycles. The predicted octanol–water partition coefficient (Wildman–Crippen LogP) is 4.21. The predicted molar refractivity (Wildman–Crippen MR) is 80.8 cm³/mol. The molecule has 2 nitrogen and oxygen atoms in total. The highest BCUT2D eigenvalue weighted by Gasteiger charge is 2.09. The van der Waals surface area contributed by atoms with Crippen LogP contribution in [0.5, 0.6) is 0 Å². The van der Waals surface area contributed by atoms with Crippen LogP contribution in [0.1, 0.15) is 5.56 Å². The van der Waals surface area contributed by atoms with Gasteiger partial charge in [-0.05, 0) is 29.8 Å². The van der Waals surface area contributed by atoms with Crippen LogP contribution in [-0.4, -0.2) is 4.98 Å². The van der Waals surface area contributed by atoms with Crippen LogP contribution >= 0.6 is 11.3 Å². The lowest BCUT2D eigenvalue weighted by atomic mass is 10.1. The second kappa shape index (κ2) is 5.71. The number of nitrogens with two attached hydrogens (primary N) is 1. The summed E-state index contributed by atoms with van der Waals surface area (Å²) < 4.78 is 26.2. The van der Waals surface area contributed by atoms with E-state index in [2.05, 4.69) is 4.98 Å². The van der Waals surface area contributed by atoms with Gasteiger partial charge in [-0.1, -0.05) is 18.2 Å². The molecule has 0 atom stereocenters. The number of thiazole rings is 1. The van der Waals surface area contributed by atoms with E-state index in [9.17, 15) is 8.78 Å². The normalized spacial score (nSPS) is 10.8. The Bertz CT molecular complexity index is 783. The Morgan fingerprint density at radius 2 is 1.86 bits per heavy atom. The van der Waals surface area contributed by atoms with Gasteiger partial charge in [0, 0.05) is 23.1 Å². The van der Waals surface area contributed by atoms with Crippen LogP contribution in [-0.2, 0) is 6.54 Å². The van der Waals surface area contributed by atoms with E-state index in [-0.39, 0.29) is 0 Å². The van der Waals surface area contributed by atoms with Gasteiger partial charge in [-0.2, -0.15) is 0 Å². The molecule has 0 aliphatic heterocycles. The Balaban J connectivity index is 1.97. The van der Waals surface area contributed by atoms with E-state index < -0.39 is 11.6 Å². The zero-order valence-corrected chi connectivity index (χ0v) is 11.8. The molecule has 0 aliphatic carbocycles. The minimum atomic E-state index is -0.868. The van der Waals surface area contributed by atoms with Crippen LogP contribution in [0.2, 0.25) is 0 Å². The minimum absolute atomic E-state index is 0.468. The standard InChI is InChI=1S/C16H12F2N2S/c17-13-5-4-11(7-14(13)18)15-9-21-16(20-15)12-3-1-2-10(6-12)8-19/h1-7,9H,8,19H2. The van der Waals surface area contributed by atoms with Crippen LogP contribution in [0.15, 0.2) is 47.8 Å². The summed E-state index contributed by atoms with van der Waals surface area (Å²) >= 11 is 1.46. The van der Waals surface area contributed by atoms with Crippen molar-refractivity contribution >= 4 is 11.3 Å². The summed E-state index contributed by atoms with van der Waals surface area (Å²) in [6.45, 7) is 0.468. The molecule has 0 bridgehead atoms. The third kappa shape index (κ3) is 2.84. The lowest BCUT2D eigenvalue weighted by Crippen LogP contribution is -1.95. The number of hydrogen-bond donors (Lipinski definition) is 1. The van der Waals surface area contributed by atoms with Gasteiger partial charge >= 0.3 is 0 Å². The van der Waals surface area contributed by atoms with E-state index in [0.717, 1.165) is 28.3 Å². The van der Waals surface area contributed by atoms with Crippen LogP contribution < -0.4 is 5.73 Å². The van der Waals surface area contributed by atoms with Crippen molar-refractivity contribution in [3.05, 3.63) is 65.0 Å².